The minimum Gasteiger partial charge on any atom is -0.496 e. The van der Waals surface area contributed by atoms with E-state index in [4.69, 9.17) is 4.74 Å². The van der Waals surface area contributed by atoms with Crippen LogP contribution in [0.3, 0.4) is 0 Å². The number of hydrogen-bond acceptors (Lipinski definition) is 4. The van der Waals surface area contributed by atoms with Gasteiger partial charge in [-0.05, 0) is 49.2 Å². The number of H-pyrrole nitrogens is 1. The van der Waals surface area contributed by atoms with Crippen molar-refractivity contribution in [2.75, 3.05) is 7.11 Å². The zero-order valence-electron chi connectivity index (χ0n) is 12.2. The third-order valence-corrected chi connectivity index (χ3v) is 3.43. The molecule has 5 nitrogen and oxygen atoms in total. The van der Waals surface area contributed by atoms with Crippen LogP contribution in [0.4, 0.5) is 0 Å². The molecule has 2 heterocycles. The number of aromatic amines is 1. The molecule has 1 aromatic carbocycles. The van der Waals surface area contributed by atoms with Gasteiger partial charge in [-0.15, -0.1) is 0 Å². The fourth-order valence-electron chi connectivity index (χ4n) is 2.31. The second kappa shape index (κ2) is 5.36. The van der Waals surface area contributed by atoms with E-state index in [0.717, 1.165) is 39.4 Å². The summed E-state index contributed by atoms with van der Waals surface area (Å²) in [7, 11) is 1.66. The first-order valence-corrected chi connectivity index (χ1v) is 6.67. The van der Waals surface area contributed by atoms with Crippen LogP contribution in [0.5, 0.6) is 5.75 Å². The summed E-state index contributed by atoms with van der Waals surface area (Å²) in [6.07, 6.45) is 3.67. The number of aromatic nitrogens is 4. The molecule has 3 rings (SSSR count). The zero-order valence-corrected chi connectivity index (χ0v) is 12.2. The number of aryl methyl sites for hydroxylation is 2. The number of nitrogens with zero attached hydrogens (tertiary/aromatic N) is 3. The maximum atomic E-state index is 5.53. The first-order valence-electron chi connectivity index (χ1n) is 6.67. The number of rotatable bonds is 3. The van der Waals surface area contributed by atoms with E-state index in [9.17, 15) is 0 Å². The van der Waals surface area contributed by atoms with Crippen molar-refractivity contribution < 1.29 is 4.74 Å². The summed E-state index contributed by atoms with van der Waals surface area (Å²) in [4.78, 5) is 0. The van der Waals surface area contributed by atoms with E-state index >= 15 is 0 Å². The highest BCUT2D eigenvalue weighted by Gasteiger charge is 2.13. The minimum absolute atomic E-state index is 0.773. The first kappa shape index (κ1) is 13.3. The van der Waals surface area contributed by atoms with Gasteiger partial charge in [-0.1, -0.05) is 0 Å². The van der Waals surface area contributed by atoms with Gasteiger partial charge in [-0.2, -0.15) is 15.3 Å². The lowest BCUT2D eigenvalue weighted by Crippen LogP contribution is -1.95. The van der Waals surface area contributed by atoms with Gasteiger partial charge in [0.05, 0.1) is 24.7 Å². The van der Waals surface area contributed by atoms with E-state index in [1.165, 1.54) is 0 Å². The lowest BCUT2D eigenvalue weighted by atomic mass is 9.98. The van der Waals surface area contributed by atoms with Crippen molar-refractivity contribution in [2.45, 2.75) is 13.8 Å². The van der Waals surface area contributed by atoms with E-state index in [0.29, 0.717) is 0 Å². The molecule has 0 spiro atoms. The monoisotopic (exact) mass is 280 g/mol. The van der Waals surface area contributed by atoms with Gasteiger partial charge in [0.15, 0.2) is 0 Å². The molecule has 0 atom stereocenters. The Kier molecular flexibility index (Phi) is 3.39. The predicted octanol–water partition coefficient (Wildman–Crippen LogP) is 3.16. The van der Waals surface area contributed by atoms with Crippen LogP contribution >= 0.6 is 0 Å². The number of hydrogen-bond donors (Lipinski definition) is 1. The van der Waals surface area contributed by atoms with Crippen LogP contribution in [0.2, 0.25) is 0 Å². The molecule has 2 aromatic heterocycles. The van der Waals surface area contributed by atoms with Crippen LogP contribution in [0.25, 0.3) is 22.4 Å². The van der Waals surface area contributed by atoms with Crippen LogP contribution in [-0.2, 0) is 0 Å². The zero-order chi connectivity index (χ0) is 14.8. The Balaban J connectivity index is 2.14. The Morgan fingerprint density at radius 3 is 2.52 bits per heavy atom. The minimum atomic E-state index is 0.773. The molecule has 0 fully saturated rings. The van der Waals surface area contributed by atoms with Gasteiger partial charge in [0.25, 0.3) is 0 Å². The smallest absolute Gasteiger partial charge is 0.128 e. The largest absolute Gasteiger partial charge is 0.496 e. The SMILES string of the molecule is COc1cc(-c2cn[nH]c2)c(C)cc1-c1ccc(C)nn1. The molecule has 0 saturated carbocycles. The molecule has 0 aliphatic rings. The van der Waals surface area contributed by atoms with Crippen LogP contribution in [-0.4, -0.2) is 27.5 Å². The fourth-order valence-corrected chi connectivity index (χ4v) is 2.31. The maximum absolute atomic E-state index is 5.53. The molecule has 0 aliphatic carbocycles. The van der Waals surface area contributed by atoms with Gasteiger partial charge in [0, 0.05) is 17.3 Å². The van der Waals surface area contributed by atoms with E-state index in [1.807, 2.05) is 31.3 Å². The average molecular weight is 280 g/mol. The third-order valence-electron chi connectivity index (χ3n) is 3.43. The summed E-state index contributed by atoms with van der Waals surface area (Å²) < 4.78 is 5.53. The predicted molar refractivity (Wildman–Crippen MR) is 81.1 cm³/mol. The molecule has 5 heteroatoms. The van der Waals surface area contributed by atoms with Crippen molar-refractivity contribution in [3.05, 3.63) is 47.9 Å². The van der Waals surface area contributed by atoms with Gasteiger partial charge in [-0.25, -0.2) is 0 Å². The van der Waals surface area contributed by atoms with Crippen molar-refractivity contribution in [3.8, 4) is 28.1 Å². The van der Waals surface area contributed by atoms with E-state index in [2.05, 4.69) is 33.4 Å². The summed E-state index contributed by atoms with van der Waals surface area (Å²) in [6.45, 7) is 3.98. The van der Waals surface area contributed by atoms with Crippen LogP contribution in [0.1, 0.15) is 11.3 Å². The Morgan fingerprint density at radius 1 is 1.05 bits per heavy atom. The molecule has 0 amide bonds. The molecule has 0 saturated heterocycles. The molecule has 0 radical (unpaired) electrons. The number of methoxy groups -OCH3 is 1. The van der Waals surface area contributed by atoms with Crippen LogP contribution in [0.15, 0.2) is 36.7 Å². The van der Waals surface area contributed by atoms with Crippen molar-refractivity contribution >= 4 is 0 Å². The number of benzene rings is 1. The van der Waals surface area contributed by atoms with Crippen molar-refractivity contribution in [3.63, 3.8) is 0 Å². The highest BCUT2D eigenvalue weighted by molar-refractivity contribution is 5.76. The fraction of sp³-hybridized carbons (Fsp3) is 0.188. The van der Waals surface area contributed by atoms with Crippen LogP contribution < -0.4 is 4.74 Å². The van der Waals surface area contributed by atoms with E-state index in [1.54, 1.807) is 13.3 Å². The van der Waals surface area contributed by atoms with E-state index in [-0.39, 0.29) is 0 Å². The van der Waals surface area contributed by atoms with Gasteiger partial charge in [0.1, 0.15) is 5.75 Å². The summed E-state index contributed by atoms with van der Waals surface area (Å²) in [6, 6.07) is 7.98. The standard InChI is InChI=1S/C16H16N4O/c1-10-6-14(15-5-4-11(2)19-20-15)16(21-3)7-13(10)12-8-17-18-9-12/h4-9H,1-3H3,(H,17,18). The highest BCUT2D eigenvalue weighted by Crippen LogP contribution is 2.35. The first-order chi connectivity index (χ1) is 10.2. The molecule has 106 valence electrons. The maximum Gasteiger partial charge on any atom is 0.128 e. The molecule has 0 bridgehead atoms. The topological polar surface area (TPSA) is 63.7 Å². The quantitative estimate of drug-likeness (QED) is 0.800. The number of ether oxygens (including phenoxy) is 1. The van der Waals surface area contributed by atoms with Crippen molar-refractivity contribution in [2.24, 2.45) is 0 Å². The molecular formula is C16H16N4O. The van der Waals surface area contributed by atoms with E-state index < -0.39 is 0 Å². The molecule has 0 aliphatic heterocycles. The van der Waals surface area contributed by atoms with Crippen molar-refractivity contribution in [1.29, 1.82) is 0 Å². The third kappa shape index (κ3) is 2.50. The van der Waals surface area contributed by atoms with Gasteiger partial charge < -0.3 is 4.74 Å². The van der Waals surface area contributed by atoms with Gasteiger partial charge >= 0.3 is 0 Å². The summed E-state index contributed by atoms with van der Waals surface area (Å²) in [5.41, 5.74) is 5.89. The lowest BCUT2D eigenvalue weighted by Gasteiger charge is -2.12. The Labute approximate surface area is 123 Å². The molecule has 21 heavy (non-hydrogen) atoms. The molecule has 3 aromatic rings. The van der Waals surface area contributed by atoms with Gasteiger partial charge in [0.2, 0.25) is 0 Å². The van der Waals surface area contributed by atoms with Gasteiger partial charge in [-0.3, -0.25) is 5.10 Å². The molecule has 1 N–H and O–H groups in total. The summed E-state index contributed by atoms with van der Waals surface area (Å²) in [5, 5.41) is 15.2. The Morgan fingerprint density at radius 2 is 1.90 bits per heavy atom. The second-order valence-corrected chi connectivity index (χ2v) is 4.91. The summed E-state index contributed by atoms with van der Waals surface area (Å²) in [5.74, 6) is 0.773. The molecular weight excluding hydrogens is 264 g/mol. The highest BCUT2D eigenvalue weighted by atomic mass is 16.5. The second-order valence-electron chi connectivity index (χ2n) is 4.91. The van der Waals surface area contributed by atoms with Crippen LogP contribution in [0, 0.1) is 13.8 Å². The number of nitrogens with one attached hydrogen (secondary N) is 1. The summed E-state index contributed by atoms with van der Waals surface area (Å²) >= 11 is 0. The molecule has 0 unspecified atom stereocenters. The normalized spacial score (nSPS) is 10.6. The lowest BCUT2D eigenvalue weighted by molar-refractivity contribution is 0.416. The average Bonchev–Trinajstić information content (AvgIpc) is 3.02. The van der Waals surface area contributed by atoms with Crippen molar-refractivity contribution in [1.82, 2.24) is 20.4 Å². The Hall–Kier alpha value is -2.69. The Bertz CT molecular complexity index is 749.